The van der Waals surface area contributed by atoms with Crippen LogP contribution in [0.2, 0.25) is 0 Å². The number of unbranched alkanes of at least 4 members (excludes halogenated alkanes) is 65. The van der Waals surface area contributed by atoms with E-state index in [0.717, 1.165) is 95.8 Å². The van der Waals surface area contributed by atoms with Gasteiger partial charge in [0.2, 0.25) is 0 Å². The molecule has 6 atom stereocenters. The number of ether oxygens (including phenoxy) is 4. The van der Waals surface area contributed by atoms with Crippen LogP contribution < -0.4 is 0 Å². The quantitative estimate of drug-likeness (QED) is 0.0222. The van der Waals surface area contributed by atoms with E-state index in [1.54, 1.807) is 0 Å². The van der Waals surface area contributed by atoms with E-state index >= 15 is 0 Å². The minimum Gasteiger partial charge on any atom is -0.462 e. The first-order valence-corrected chi connectivity index (χ1v) is 51.7. The van der Waals surface area contributed by atoms with Crippen molar-refractivity contribution in [1.29, 1.82) is 0 Å². The summed E-state index contributed by atoms with van der Waals surface area (Å²) in [6, 6.07) is 0. The highest BCUT2D eigenvalue weighted by atomic mass is 31.2. The number of carbonyl (C=O) groups is 4. The smallest absolute Gasteiger partial charge is 0.462 e. The molecule has 0 aliphatic carbocycles. The maximum Gasteiger partial charge on any atom is 0.472 e. The molecule has 0 aromatic carbocycles. The SMILES string of the molecule is CCCCCCCCCCCCCCCCCCCCCCCCC(=O)OC[C@H](COP(=O)(O)OC[C@@H](O)COP(=O)(O)OC[C@@H](COC(=O)CCCCCCCCCC)OC(=O)CCCCCCCCCCCCCCCCCCCCCCC)OC(=O)CCCCCCCCCCCCCCCCCCCCC(C)CC. The second-order valence-corrected chi connectivity index (χ2v) is 36.9. The van der Waals surface area contributed by atoms with Crippen molar-refractivity contribution in [2.75, 3.05) is 39.6 Å². The van der Waals surface area contributed by atoms with Gasteiger partial charge in [-0.2, -0.15) is 0 Å². The second kappa shape index (κ2) is 86.4. The van der Waals surface area contributed by atoms with Gasteiger partial charge in [0.15, 0.2) is 12.2 Å². The Morgan fingerprint density at radius 1 is 0.248 bits per heavy atom. The molecular formula is C94H184O17P2. The number of esters is 4. The fraction of sp³-hybridized carbons (Fsp3) is 0.957. The summed E-state index contributed by atoms with van der Waals surface area (Å²) in [7, 11) is -9.93. The third-order valence-electron chi connectivity index (χ3n) is 22.6. The fourth-order valence-electron chi connectivity index (χ4n) is 14.9. The predicted molar refractivity (Wildman–Crippen MR) is 469 cm³/mol. The number of phosphoric ester groups is 2. The maximum absolute atomic E-state index is 13.2. The highest BCUT2D eigenvalue weighted by Crippen LogP contribution is 2.45. The number of hydrogen-bond acceptors (Lipinski definition) is 15. The third kappa shape index (κ3) is 86.3. The molecule has 0 spiro atoms. The third-order valence-corrected chi connectivity index (χ3v) is 24.5. The van der Waals surface area contributed by atoms with E-state index in [1.807, 2.05) is 0 Å². The fourth-order valence-corrected chi connectivity index (χ4v) is 16.4. The molecule has 19 heteroatoms. The number of phosphoric acid groups is 2. The number of aliphatic hydroxyl groups is 1. The normalized spacial score (nSPS) is 13.9. The predicted octanol–water partition coefficient (Wildman–Crippen LogP) is 29.5. The lowest BCUT2D eigenvalue weighted by atomic mass is 9.99. The van der Waals surface area contributed by atoms with Crippen molar-refractivity contribution >= 4 is 39.5 Å². The second-order valence-electron chi connectivity index (χ2n) is 34.0. The molecule has 0 bridgehead atoms. The first-order valence-electron chi connectivity index (χ1n) is 48.7. The monoisotopic (exact) mass is 1650 g/mol. The molecule has 3 unspecified atom stereocenters. The van der Waals surface area contributed by atoms with Crippen LogP contribution >= 0.6 is 15.6 Å². The molecule has 0 aliphatic heterocycles. The topological polar surface area (TPSA) is 237 Å². The molecule has 0 heterocycles. The lowest BCUT2D eigenvalue weighted by molar-refractivity contribution is -0.161. The van der Waals surface area contributed by atoms with Crippen LogP contribution in [0.5, 0.6) is 0 Å². The summed E-state index contributed by atoms with van der Waals surface area (Å²) >= 11 is 0. The zero-order valence-corrected chi connectivity index (χ0v) is 76.3. The van der Waals surface area contributed by atoms with Gasteiger partial charge in [-0.25, -0.2) is 9.13 Å². The standard InChI is InChI=1S/C94H184O17P2/c1-6-10-13-16-19-22-24-26-28-30-32-34-36-37-42-46-50-54-58-63-68-73-78-92(97)105-84-90(111-94(99)80-75-70-65-60-56-52-48-44-40-39-41-45-49-53-57-61-66-71-76-87(5)9-4)86-109-113(102,103)107-82-88(95)81-106-112(100,101)108-85-89(83-104-91(96)77-72-67-62-21-18-15-12-8-3)110-93(98)79-74-69-64-59-55-51-47-43-38-35-33-31-29-27-25-23-20-17-14-11-7-2/h87-90,95H,6-86H2,1-5H3,(H,100,101)(H,102,103)/t87?,88-,89+,90+/m0/s1. The van der Waals surface area contributed by atoms with E-state index in [-0.39, 0.29) is 25.7 Å². The summed E-state index contributed by atoms with van der Waals surface area (Å²) in [4.78, 5) is 73.4. The zero-order chi connectivity index (χ0) is 82.6. The van der Waals surface area contributed by atoms with Crippen LogP contribution in [0.3, 0.4) is 0 Å². The van der Waals surface area contributed by atoms with E-state index in [0.29, 0.717) is 25.7 Å². The van der Waals surface area contributed by atoms with Gasteiger partial charge in [0.05, 0.1) is 26.4 Å². The molecule has 672 valence electrons. The highest BCUT2D eigenvalue weighted by Gasteiger charge is 2.31. The van der Waals surface area contributed by atoms with Gasteiger partial charge < -0.3 is 33.8 Å². The summed E-state index contributed by atoms with van der Waals surface area (Å²) in [6.07, 6.45) is 83.7. The molecule has 0 radical (unpaired) electrons. The molecule has 0 fully saturated rings. The summed E-state index contributed by atoms with van der Waals surface area (Å²) in [6.45, 7) is 7.44. The maximum atomic E-state index is 13.2. The first-order chi connectivity index (χ1) is 55.1. The Labute approximate surface area is 696 Å². The minimum atomic E-state index is -4.97. The Kier molecular flexibility index (Phi) is 85.0. The number of rotatable bonds is 94. The van der Waals surface area contributed by atoms with Crippen molar-refractivity contribution in [3.05, 3.63) is 0 Å². The van der Waals surface area contributed by atoms with E-state index < -0.39 is 97.5 Å². The number of hydrogen-bond donors (Lipinski definition) is 3. The summed E-state index contributed by atoms with van der Waals surface area (Å²) < 4.78 is 69.0. The van der Waals surface area contributed by atoms with Crippen LogP contribution in [-0.4, -0.2) is 96.7 Å². The molecule has 0 amide bonds. The molecule has 0 aromatic heterocycles. The molecule has 3 N–H and O–H groups in total. The Morgan fingerprint density at radius 3 is 0.628 bits per heavy atom. The van der Waals surface area contributed by atoms with Crippen LogP contribution in [0.1, 0.15) is 516 Å². The molecule has 0 saturated heterocycles. The van der Waals surface area contributed by atoms with Crippen LogP contribution in [-0.2, 0) is 65.4 Å². The van der Waals surface area contributed by atoms with Crippen LogP contribution in [0.15, 0.2) is 0 Å². The van der Waals surface area contributed by atoms with Crippen molar-refractivity contribution in [3.63, 3.8) is 0 Å². The average Bonchev–Trinajstić information content (AvgIpc) is 0.899. The summed E-state index contributed by atoms with van der Waals surface area (Å²) in [5, 5.41) is 10.7. The van der Waals surface area contributed by atoms with Gasteiger partial charge in [0, 0.05) is 25.7 Å². The van der Waals surface area contributed by atoms with Gasteiger partial charge in [0.1, 0.15) is 19.3 Å². The molecule has 0 saturated carbocycles. The van der Waals surface area contributed by atoms with E-state index in [1.165, 1.54) is 340 Å². The van der Waals surface area contributed by atoms with Gasteiger partial charge in [-0.1, -0.05) is 465 Å². The molecule has 17 nitrogen and oxygen atoms in total. The van der Waals surface area contributed by atoms with E-state index in [4.69, 9.17) is 37.0 Å². The lowest BCUT2D eigenvalue weighted by Gasteiger charge is -2.21. The molecule has 0 aromatic rings. The first kappa shape index (κ1) is 111. The Hall–Kier alpha value is -1.94. The molecule has 0 aliphatic rings. The van der Waals surface area contributed by atoms with Gasteiger partial charge in [-0.05, 0) is 31.6 Å². The Bertz CT molecular complexity index is 2140. The molecular weight excluding hydrogens is 1460 g/mol. The highest BCUT2D eigenvalue weighted by molar-refractivity contribution is 7.47. The largest absolute Gasteiger partial charge is 0.472 e. The van der Waals surface area contributed by atoms with E-state index in [2.05, 4.69) is 34.6 Å². The van der Waals surface area contributed by atoms with Crippen molar-refractivity contribution in [1.82, 2.24) is 0 Å². The van der Waals surface area contributed by atoms with Gasteiger partial charge in [-0.15, -0.1) is 0 Å². The summed E-state index contributed by atoms with van der Waals surface area (Å²) in [5.41, 5.74) is 0. The van der Waals surface area contributed by atoms with Crippen molar-refractivity contribution in [3.8, 4) is 0 Å². The van der Waals surface area contributed by atoms with Crippen molar-refractivity contribution < 1.29 is 80.2 Å². The lowest BCUT2D eigenvalue weighted by Crippen LogP contribution is -2.30. The van der Waals surface area contributed by atoms with Crippen LogP contribution in [0, 0.1) is 5.92 Å². The van der Waals surface area contributed by atoms with Crippen molar-refractivity contribution in [2.45, 2.75) is 534 Å². The van der Waals surface area contributed by atoms with E-state index in [9.17, 15) is 43.2 Å². The average molecular weight is 1650 g/mol. The Balaban J connectivity index is 5.15. The number of carbonyl (C=O) groups excluding carboxylic acids is 4. The molecule has 0 rings (SSSR count). The van der Waals surface area contributed by atoms with Gasteiger partial charge in [0.25, 0.3) is 0 Å². The van der Waals surface area contributed by atoms with Crippen LogP contribution in [0.4, 0.5) is 0 Å². The van der Waals surface area contributed by atoms with Gasteiger partial charge >= 0.3 is 39.5 Å². The van der Waals surface area contributed by atoms with Gasteiger partial charge in [-0.3, -0.25) is 37.3 Å². The number of aliphatic hydroxyl groups excluding tert-OH is 1. The Morgan fingerprint density at radius 2 is 0.425 bits per heavy atom. The zero-order valence-electron chi connectivity index (χ0n) is 74.5. The summed E-state index contributed by atoms with van der Waals surface area (Å²) in [5.74, 6) is -1.22. The van der Waals surface area contributed by atoms with Crippen molar-refractivity contribution in [2.24, 2.45) is 5.92 Å². The molecule has 113 heavy (non-hydrogen) atoms. The van der Waals surface area contributed by atoms with Crippen LogP contribution in [0.25, 0.3) is 0 Å². The minimum absolute atomic E-state index is 0.109.